The highest BCUT2D eigenvalue weighted by Crippen LogP contribution is 2.27. The molecule has 4 rings (SSSR count). The van der Waals surface area contributed by atoms with Gasteiger partial charge in [0.05, 0.1) is 29.5 Å². The van der Waals surface area contributed by atoms with Gasteiger partial charge in [-0.15, -0.1) is 0 Å². The highest BCUT2D eigenvalue weighted by atomic mass is 32.2. The van der Waals surface area contributed by atoms with Gasteiger partial charge in [0, 0.05) is 11.6 Å². The molecule has 4 aromatic rings. The number of hydrogen-bond donors (Lipinski definition) is 3. The minimum absolute atomic E-state index is 0.115. The Morgan fingerprint density at radius 2 is 1.85 bits per heavy atom. The van der Waals surface area contributed by atoms with E-state index in [4.69, 9.17) is 9.47 Å². The molecule has 0 bridgehead atoms. The summed E-state index contributed by atoms with van der Waals surface area (Å²) in [6.45, 7) is 0.278. The number of carbonyl (C=O) groups excluding carboxylic acids is 2. The predicted octanol–water partition coefficient (Wildman–Crippen LogP) is 4.31. The molecule has 0 radical (unpaired) electrons. The van der Waals surface area contributed by atoms with Crippen LogP contribution in [0.15, 0.2) is 65.8 Å². The number of nitrogens with one attached hydrogen (secondary N) is 1. The van der Waals surface area contributed by atoms with Crippen LogP contribution in [0, 0.1) is 0 Å². The van der Waals surface area contributed by atoms with E-state index in [0.29, 0.717) is 22.0 Å². The Balaban J connectivity index is 1.39. The molecule has 0 spiro atoms. The number of carbonyl (C=O) groups is 2. The van der Waals surface area contributed by atoms with Crippen LogP contribution in [0.5, 0.6) is 17.2 Å². The van der Waals surface area contributed by atoms with Gasteiger partial charge in [-0.1, -0.05) is 23.9 Å². The van der Waals surface area contributed by atoms with E-state index in [2.05, 4.69) is 9.97 Å². The van der Waals surface area contributed by atoms with Crippen LogP contribution in [-0.2, 0) is 11.3 Å². The standard InChI is InChI=1S/C24H20N2O6S/c1-31-23(30)16-4-2-3-14(9-16)12-32-17-6-7-18-19(11-17)26-24(25-18)33-13-22(29)15-5-8-20(27)21(28)10-15/h2-11,27-28H,12-13H2,1H3,(H,25,26). The van der Waals surface area contributed by atoms with E-state index < -0.39 is 5.97 Å². The van der Waals surface area contributed by atoms with Gasteiger partial charge in [-0.05, 0) is 48.0 Å². The molecular weight excluding hydrogens is 444 g/mol. The van der Waals surface area contributed by atoms with Gasteiger partial charge in [-0.25, -0.2) is 9.78 Å². The summed E-state index contributed by atoms with van der Waals surface area (Å²) < 4.78 is 10.6. The number of H-pyrrole nitrogens is 1. The van der Waals surface area contributed by atoms with Crippen molar-refractivity contribution >= 4 is 34.5 Å². The number of rotatable bonds is 8. The lowest BCUT2D eigenvalue weighted by Crippen LogP contribution is -2.03. The lowest BCUT2D eigenvalue weighted by molar-refractivity contribution is 0.0600. The summed E-state index contributed by atoms with van der Waals surface area (Å²) >= 11 is 1.24. The Morgan fingerprint density at radius 3 is 2.64 bits per heavy atom. The second kappa shape index (κ2) is 9.66. The summed E-state index contributed by atoms with van der Waals surface area (Å²) in [4.78, 5) is 31.7. The molecule has 0 amide bonds. The normalized spacial score (nSPS) is 10.8. The summed E-state index contributed by atoms with van der Waals surface area (Å²) in [6, 6.07) is 16.4. The van der Waals surface area contributed by atoms with Crippen LogP contribution in [-0.4, -0.2) is 44.8 Å². The summed E-state index contributed by atoms with van der Waals surface area (Å²) in [6.07, 6.45) is 0. The third kappa shape index (κ3) is 5.27. The summed E-state index contributed by atoms with van der Waals surface area (Å²) in [5, 5.41) is 19.5. The SMILES string of the molecule is COC(=O)c1cccc(COc2ccc3nc(SCC(=O)c4ccc(O)c(O)c4)[nH]c3c2)c1. The Bertz CT molecular complexity index is 1330. The van der Waals surface area contributed by atoms with Crippen LogP contribution in [0.4, 0.5) is 0 Å². The first-order valence-electron chi connectivity index (χ1n) is 9.91. The number of thioether (sulfide) groups is 1. The monoisotopic (exact) mass is 464 g/mol. The zero-order valence-corrected chi connectivity index (χ0v) is 18.4. The molecule has 0 atom stereocenters. The van der Waals surface area contributed by atoms with E-state index in [9.17, 15) is 19.8 Å². The highest BCUT2D eigenvalue weighted by molar-refractivity contribution is 7.99. The van der Waals surface area contributed by atoms with Crippen molar-refractivity contribution in [3.8, 4) is 17.2 Å². The first kappa shape index (κ1) is 22.2. The number of imidazole rings is 1. The third-order valence-corrected chi connectivity index (χ3v) is 5.70. The molecule has 3 N–H and O–H groups in total. The number of methoxy groups -OCH3 is 1. The fourth-order valence-corrected chi connectivity index (χ4v) is 3.89. The molecule has 0 fully saturated rings. The number of aromatic amines is 1. The van der Waals surface area contributed by atoms with Crippen LogP contribution < -0.4 is 4.74 Å². The number of aromatic hydroxyl groups is 2. The Morgan fingerprint density at radius 1 is 1.00 bits per heavy atom. The fourth-order valence-electron chi connectivity index (χ4n) is 3.11. The number of esters is 1. The van der Waals surface area contributed by atoms with E-state index >= 15 is 0 Å². The van der Waals surface area contributed by atoms with Crippen LogP contribution in [0.2, 0.25) is 0 Å². The predicted molar refractivity (Wildman–Crippen MR) is 123 cm³/mol. The van der Waals surface area contributed by atoms with Gasteiger partial charge < -0.3 is 24.7 Å². The molecule has 1 aromatic heterocycles. The number of ether oxygens (including phenoxy) is 2. The van der Waals surface area contributed by atoms with Crippen molar-refractivity contribution in [3.63, 3.8) is 0 Å². The summed E-state index contributed by atoms with van der Waals surface area (Å²) in [5.41, 5.74) is 3.08. The Kier molecular flexibility index (Phi) is 6.50. The maximum atomic E-state index is 12.4. The number of phenolic OH excluding ortho intramolecular Hbond substituents is 2. The van der Waals surface area contributed by atoms with Crippen molar-refractivity contribution in [2.24, 2.45) is 0 Å². The van der Waals surface area contributed by atoms with Crippen LogP contribution in [0.1, 0.15) is 26.3 Å². The van der Waals surface area contributed by atoms with Gasteiger partial charge in [-0.2, -0.15) is 0 Å². The quantitative estimate of drug-likeness (QED) is 0.153. The zero-order chi connectivity index (χ0) is 23.4. The Hall–Kier alpha value is -3.98. The number of Topliss-reactive ketones (excluding diaryl/α,β-unsaturated/α-hetero) is 1. The Labute approximate surface area is 193 Å². The lowest BCUT2D eigenvalue weighted by atomic mass is 10.1. The van der Waals surface area contributed by atoms with E-state index in [1.165, 1.54) is 37.1 Å². The minimum Gasteiger partial charge on any atom is -0.504 e. The number of ketones is 1. The van der Waals surface area contributed by atoms with Gasteiger partial charge in [0.2, 0.25) is 0 Å². The molecule has 33 heavy (non-hydrogen) atoms. The van der Waals surface area contributed by atoms with Crippen molar-refractivity contribution < 1.29 is 29.3 Å². The van der Waals surface area contributed by atoms with Crippen molar-refractivity contribution in [3.05, 3.63) is 77.4 Å². The van der Waals surface area contributed by atoms with Crippen molar-refractivity contribution in [1.29, 1.82) is 0 Å². The average Bonchev–Trinajstić information content (AvgIpc) is 3.24. The molecule has 1 heterocycles. The lowest BCUT2D eigenvalue weighted by Gasteiger charge is -2.07. The van der Waals surface area contributed by atoms with Crippen molar-refractivity contribution in [2.45, 2.75) is 11.8 Å². The summed E-state index contributed by atoms with van der Waals surface area (Å²) in [5.74, 6) is -0.466. The number of hydrogen-bond acceptors (Lipinski definition) is 8. The van der Waals surface area contributed by atoms with Gasteiger partial charge in [-0.3, -0.25) is 4.79 Å². The number of phenols is 2. The van der Waals surface area contributed by atoms with Gasteiger partial charge in [0.15, 0.2) is 22.4 Å². The number of nitrogens with zero attached hydrogens (tertiary/aromatic N) is 1. The molecule has 0 aliphatic rings. The summed E-state index contributed by atoms with van der Waals surface area (Å²) in [7, 11) is 1.34. The van der Waals surface area contributed by atoms with Crippen LogP contribution >= 0.6 is 11.8 Å². The first-order chi connectivity index (χ1) is 15.9. The molecule has 9 heteroatoms. The van der Waals surface area contributed by atoms with Crippen LogP contribution in [0.25, 0.3) is 11.0 Å². The molecule has 0 unspecified atom stereocenters. The molecule has 0 saturated carbocycles. The topological polar surface area (TPSA) is 122 Å². The number of benzene rings is 3. The van der Waals surface area contributed by atoms with Gasteiger partial charge in [0.25, 0.3) is 0 Å². The van der Waals surface area contributed by atoms with E-state index in [0.717, 1.165) is 16.6 Å². The van der Waals surface area contributed by atoms with Crippen LogP contribution in [0.3, 0.4) is 0 Å². The molecule has 0 aliphatic carbocycles. The first-order valence-corrected chi connectivity index (χ1v) is 10.9. The number of aromatic nitrogens is 2. The molecule has 168 valence electrons. The third-order valence-electron chi connectivity index (χ3n) is 4.82. The van der Waals surface area contributed by atoms with Gasteiger partial charge in [0.1, 0.15) is 12.4 Å². The molecular formula is C24H20N2O6S. The molecule has 8 nitrogen and oxygen atoms in total. The van der Waals surface area contributed by atoms with E-state index in [-0.39, 0.29) is 29.6 Å². The molecule has 0 saturated heterocycles. The maximum absolute atomic E-state index is 12.4. The number of fused-ring (bicyclic) bond motifs is 1. The average molecular weight is 464 g/mol. The van der Waals surface area contributed by atoms with E-state index in [1.807, 2.05) is 18.2 Å². The van der Waals surface area contributed by atoms with E-state index in [1.54, 1.807) is 24.3 Å². The maximum Gasteiger partial charge on any atom is 0.337 e. The largest absolute Gasteiger partial charge is 0.504 e. The second-order valence-corrected chi connectivity index (χ2v) is 8.08. The zero-order valence-electron chi connectivity index (χ0n) is 17.6. The minimum atomic E-state index is -0.401. The van der Waals surface area contributed by atoms with Gasteiger partial charge >= 0.3 is 5.97 Å². The molecule has 3 aromatic carbocycles. The van der Waals surface area contributed by atoms with Crippen molar-refractivity contribution in [2.75, 3.05) is 12.9 Å². The smallest absolute Gasteiger partial charge is 0.337 e. The highest BCUT2D eigenvalue weighted by Gasteiger charge is 2.12. The molecule has 0 aliphatic heterocycles. The second-order valence-electron chi connectivity index (χ2n) is 7.12. The van der Waals surface area contributed by atoms with Crippen molar-refractivity contribution in [1.82, 2.24) is 9.97 Å². The fraction of sp³-hybridized carbons (Fsp3) is 0.125.